The Morgan fingerprint density at radius 1 is 1.05 bits per heavy atom. The average Bonchev–Trinajstić information content (AvgIpc) is 3.44. The highest BCUT2D eigenvalue weighted by atomic mass is 35.5. The summed E-state index contributed by atoms with van der Waals surface area (Å²) in [5, 5.41) is 3.23. The highest BCUT2D eigenvalue weighted by Crippen LogP contribution is 2.45. The van der Waals surface area contributed by atoms with Crippen LogP contribution in [-0.2, 0) is 22.8 Å². The third-order valence-corrected chi connectivity index (χ3v) is 7.08. The Balaban J connectivity index is 1.50. The Bertz CT molecular complexity index is 1820. The van der Waals surface area contributed by atoms with E-state index in [4.69, 9.17) is 17.3 Å². The summed E-state index contributed by atoms with van der Waals surface area (Å²) in [5.74, 6) is -0.770. The van der Waals surface area contributed by atoms with Gasteiger partial charge in [0, 0.05) is 23.8 Å². The van der Waals surface area contributed by atoms with Gasteiger partial charge in [0.05, 0.1) is 11.3 Å². The van der Waals surface area contributed by atoms with Crippen molar-refractivity contribution < 1.29 is 22.4 Å². The fraction of sp³-hybridized carbons (Fsp3) is 0.148. The molecule has 1 atom stereocenters. The van der Waals surface area contributed by atoms with Crippen LogP contribution in [0, 0.1) is 5.82 Å². The summed E-state index contributed by atoms with van der Waals surface area (Å²) in [5.41, 5.74) is 5.63. The van der Waals surface area contributed by atoms with E-state index < -0.39 is 23.1 Å². The van der Waals surface area contributed by atoms with Crippen LogP contribution < -0.4 is 11.1 Å². The Kier molecular flexibility index (Phi) is 5.77. The van der Waals surface area contributed by atoms with Crippen LogP contribution in [0.4, 0.5) is 29.2 Å². The lowest BCUT2D eigenvalue weighted by molar-refractivity contribution is -0.140. The van der Waals surface area contributed by atoms with Crippen molar-refractivity contribution in [2.75, 3.05) is 11.1 Å². The maximum Gasteiger partial charge on any atom is 0.434 e. The number of aromatic nitrogens is 5. The SMILES string of the molecule is CC1(c2ccc(Cl)cc2)C(=O)Nc2nc(-c3cn4cc(C(F)(F)F)nc4c(Cc4cccc(F)c4)n3)nc(N)c21. The minimum Gasteiger partial charge on any atom is -0.383 e. The van der Waals surface area contributed by atoms with Gasteiger partial charge in [0.25, 0.3) is 0 Å². The fourth-order valence-electron chi connectivity index (χ4n) is 4.85. The first-order chi connectivity index (χ1) is 18.9. The first-order valence-corrected chi connectivity index (χ1v) is 12.3. The molecule has 0 radical (unpaired) electrons. The zero-order valence-corrected chi connectivity index (χ0v) is 21.3. The van der Waals surface area contributed by atoms with Gasteiger partial charge in [-0.3, -0.25) is 4.79 Å². The van der Waals surface area contributed by atoms with Crippen LogP contribution in [0.15, 0.2) is 60.9 Å². The molecule has 1 aliphatic rings. The van der Waals surface area contributed by atoms with Crippen LogP contribution in [0.5, 0.6) is 0 Å². The second-order valence-corrected chi connectivity index (χ2v) is 9.91. The number of nitrogen functional groups attached to an aromatic ring is 1. The van der Waals surface area contributed by atoms with E-state index in [1.165, 1.54) is 28.8 Å². The van der Waals surface area contributed by atoms with Crippen molar-refractivity contribution in [1.29, 1.82) is 0 Å². The topological polar surface area (TPSA) is 111 Å². The summed E-state index contributed by atoms with van der Waals surface area (Å²) in [6, 6.07) is 12.3. The van der Waals surface area contributed by atoms with Crippen molar-refractivity contribution in [2.45, 2.75) is 24.9 Å². The summed E-state index contributed by atoms with van der Waals surface area (Å²) in [7, 11) is 0. The molecule has 4 heterocycles. The smallest absolute Gasteiger partial charge is 0.383 e. The Morgan fingerprint density at radius 2 is 1.80 bits per heavy atom. The molecule has 13 heteroatoms. The quantitative estimate of drug-likeness (QED) is 0.280. The van der Waals surface area contributed by atoms with Crippen LogP contribution in [0.2, 0.25) is 5.02 Å². The van der Waals surface area contributed by atoms with Crippen molar-refractivity contribution in [3.8, 4) is 11.5 Å². The molecule has 6 rings (SSSR count). The molecule has 0 aliphatic carbocycles. The van der Waals surface area contributed by atoms with Crippen LogP contribution in [0.1, 0.15) is 35.0 Å². The van der Waals surface area contributed by atoms with E-state index in [0.29, 0.717) is 21.7 Å². The van der Waals surface area contributed by atoms with Gasteiger partial charge in [-0.1, -0.05) is 35.9 Å². The number of hydrogen-bond acceptors (Lipinski definition) is 6. The molecule has 5 aromatic rings. The number of benzene rings is 2. The number of nitrogens with two attached hydrogens (primary N) is 1. The first kappa shape index (κ1) is 25.7. The molecule has 1 aliphatic heterocycles. The van der Waals surface area contributed by atoms with E-state index in [-0.39, 0.29) is 46.8 Å². The van der Waals surface area contributed by atoms with Crippen molar-refractivity contribution in [1.82, 2.24) is 24.3 Å². The largest absolute Gasteiger partial charge is 0.434 e. The van der Waals surface area contributed by atoms with Crippen molar-refractivity contribution in [3.05, 3.63) is 99.8 Å². The van der Waals surface area contributed by atoms with E-state index >= 15 is 0 Å². The Labute approximate surface area is 228 Å². The number of halogens is 5. The molecule has 2 aromatic carbocycles. The molecule has 1 unspecified atom stereocenters. The minimum absolute atomic E-state index is 0.00834. The van der Waals surface area contributed by atoms with E-state index in [1.54, 1.807) is 37.3 Å². The molecule has 0 spiro atoms. The Hall–Kier alpha value is -4.58. The van der Waals surface area contributed by atoms with E-state index in [1.807, 2.05) is 0 Å². The van der Waals surface area contributed by atoms with Crippen molar-refractivity contribution in [3.63, 3.8) is 0 Å². The maximum absolute atomic E-state index is 13.8. The number of hydrogen-bond donors (Lipinski definition) is 2. The lowest BCUT2D eigenvalue weighted by atomic mass is 9.78. The molecule has 3 aromatic heterocycles. The maximum atomic E-state index is 13.8. The molecule has 8 nitrogen and oxygen atoms in total. The number of carbonyl (C=O) groups is 1. The first-order valence-electron chi connectivity index (χ1n) is 11.9. The number of alkyl halides is 3. The van der Waals surface area contributed by atoms with Crippen molar-refractivity contribution in [2.24, 2.45) is 0 Å². The second kappa shape index (κ2) is 8.98. The van der Waals surface area contributed by atoms with Crippen LogP contribution >= 0.6 is 11.6 Å². The van der Waals surface area contributed by atoms with E-state index in [0.717, 1.165) is 6.20 Å². The standard InChI is InChI=1S/C27H18ClF4N7O/c1-26(14-5-7-15(28)8-6-14)20-21(33)36-22(37-23(20)38-25(26)40)18-11-39-12-19(27(30,31)32)35-24(39)17(34-18)10-13-3-2-4-16(29)9-13/h2-9,11-12H,10H2,1H3,(H3,33,36,37,38,40). The predicted molar refractivity (Wildman–Crippen MR) is 139 cm³/mol. The highest BCUT2D eigenvalue weighted by molar-refractivity contribution is 6.30. The number of anilines is 2. The third kappa shape index (κ3) is 4.20. The van der Waals surface area contributed by atoms with Gasteiger partial charge in [0.15, 0.2) is 17.2 Å². The van der Waals surface area contributed by atoms with Gasteiger partial charge in [0.2, 0.25) is 5.91 Å². The van der Waals surface area contributed by atoms with Crippen molar-refractivity contribution >= 4 is 34.8 Å². The van der Waals surface area contributed by atoms with E-state index in [2.05, 4.69) is 25.3 Å². The molecule has 0 fully saturated rings. The Morgan fingerprint density at radius 3 is 2.50 bits per heavy atom. The van der Waals surface area contributed by atoms with Gasteiger partial charge < -0.3 is 15.5 Å². The van der Waals surface area contributed by atoms with Crippen LogP contribution in [-0.4, -0.2) is 30.2 Å². The summed E-state index contributed by atoms with van der Waals surface area (Å²) in [6.45, 7) is 1.68. The monoisotopic (exact) mass is 567 g/mol. The number of imidazole rings is 1. The van der Waals surface area contributed by atoms with Gasteiger partial charge in [-0.2, -0.15) is 13.2 Å². The van der Waals surface area contributed by atoms with Gasteiger partial charge in [0.1, 0.15) is 28.6 Å². The van der Waals surface area contributed by atoms with Gasteiger partial charge in [-0.05, 0) is 42.3 Å². The molecule has 1 amide bonds. The van der Waals surface area contributed by atoms with Gasteiger partial charge in [-0.15, -0.1) is 0 Å². The normalized spacial score (nSPS) is 16.8. The summed E-state index contributed by atoms with van der Waals surface area (Å²) < 4.78 is 55.5. The molecule has 0 bridgehead atoms. The molecule has 0 saturated heterocycles. The molecule has 40 heavy (non-hydrogen) atoms. The summed E-state index contributed by atoms with van der Waals surface area (Å²) in [6.07, 6.45) is -2.60. The second-order valence-electron chi connectivity index (χ2n) is 9.48. The van der Waals surface area contributed by atoms with E-state index in [9.17, 15) is 22.4 Å². The minimum atomic E-state index is -4.70. The van der Waals surface area contributed by atoms with Gasteiger partial charge in [-0.25, -0.2) is 24.3 Å². The molecular weight excluding hydrogens is 550 g/mol. The molecular formula is C27H18ClF4N7O. The van der Waals surface area contributed by atoms with Crippen LogP contribution in [0.25, 0.3) is 17.2 Å². The van der Waals surface area contributed by atoms with Crippen LogP contribution in [0.3, 0.4) is 0 Å². The predicted octanol–water partition coefficient (Wildman–Crippen LogP) is 5.43. The lowest BCUT2D eigenvalue weighted by Crippen LogP contribution is -2.32. The summed E-state index contributed by atoms with van der Waals surface area (Å²) in [4.78, 5) is 30.2. The number of fused-ring (bicyclic) bond motifs is 2. The highest BCUT2D eigenvalue weighted by Gasteiger charge is 2.47. The third-order valence-electron chi connectivity index (χ3n) is 6.83. The average molecular weight is 568 g/mol. The molecule has 0 saturated carbocycles. The number of nitrogens with zero attached hydrogens (tertiary/aromatic N) is 5. The zero-order chi connectivity index (χ0) is 28.4. The number of nitrogens with one attached hydrogen (secondary N) is 1. The molecule has 202 valence electrons. The zero-order valence-electron chi connectivity index (χ0n) is 20.6. The number of amides is 1. The summed E-state index contributed by atoms with van der Waals surface area (Å²) >= 11 is 6.02. The lowest BCUT2D eigenvalue weighted by Gasteiger charge is -2.23. The van der Waals surface area contributed by atoms with Gasteiger partial charge >= 0.3 is 6.18 Å². The number of rotatable bonds is 4. The fourth-order valence-corrected chi connectivity index (χ4v) is 4.97. The molecule has 3 N–H and O–H groups in total. The number of carbonyl (C=O) groups excluding carboxylic acids is 1.